The van der Waals surface area contributed by atoms with Crippen molar-refractivity contribution >= 4 is 15.8 Å². The van der Waals surface area contributed by atoms with Gasteiger partial charge in [-0.1, -0.05) is 6.07 Å². The van der Waals surface area contributed by atoms with Gasteiger partial charge in [-0.05, 0) is 19.1 Å². The lowest BCUT2D eigenvalue weighted by Gasteiger charge is -2.10. The van der Waals surface area contributed by atoms with Crippen LogP contribution in [0.3, 0.4) is 0 Å². The van der Waals surface area contributed by atoms with Crippen molar-refractivity contribution in [3.8, 4) is 0 Å². The molecule has 1 rings (SSSR count). The molecule has 0 atom stereocenters. The van der Waals surface area contributed by atoms with Crippen LogP contribution >= 0.6 is 0 Å². The fourth-order valence-corrected chi connectivity index (χ4v) is 1.82. The molecule has 0 fully saturated rings. The van der Waals surface area contributed by atoms with Crippen LogP contribution in [-0.2, 0) is 16.4 Å². The van der Waals surface area contributed by atoms with Gasteiger partial charge in [0.25, 0.3) is 0 Å². The molecular formula is C12H20N4O2S. The Hall–Kier alpha value is -1.63. The van der Waals surface area contributed by atoms with Crippen LogP contribution in [0.25, 0.3) is 0 Å². The van der Waals surface area contributed by atoms with Crippen molar-refractivity contribution in [1.82, 2.24) is 15.6 Å². The molecule has 6 nitrogen and oxygen atoms in total. The third kappa shape index (κ3) is 7.40. The molecule has 0 aliphatic carbocycles. The maximum atomic E-state index is 11.0. The van der Waals surface area contributed by atoms with E-state index in [0.29, 0.717) is 25.6 Å². The topological polar surface area (TPSA) is 83.4 Å². The SMILES string of the molecule is CCNC(=NCc1ccccn1)NCCS(C)(=O)=O. The van der Waals surface area contributed by atoms with Gasteiger partial charge in [0, 0.05) is 25.5 Å². The molecule has 0 aromatic carbocycles. The summed E-state index contributed by atoms with van der Waals surface area (Å²) in [5, 5.41) is 6.03. The van der Waals surface area contributed by atoms with Crippen LogP contribution in [0.4, 0.5) is 0 Å². The lowest BCUT2D eigenvalue weighted by Crippen LogP contribution is -2.39. The number of guanidine groups is 1. The Morgan fingerprint density at radius 2 is 2.16 bits per heavy atom. The summed E-state index contributed by atoms with van der Waals surface area (Å²) in [4.78, 5) is 8.51. The lowest BCUT2D eigenvalue weighted by molar-refractivity contribution is 0.600. The zero-order valence-corrected chi connectivity index (χ0v) is 12.1. The molecule has 1 aromatic heterocycles. The molecule has 1 aromatic rings. The van der Waals surface area contributed by atoms with E-state index in [9.17, 15) is 8.42 Å². The van der Waals surface area contributed by atoms with E-state index in [-0.39, 0.29) is 5.75 Å². The zero-order chi connectivity index (χ0) is 14.1. The van der Waals surface area contributed by atoms with E-state index < -0.39 is 9.84 Å². The number of nitrogens with one attached hydrogen (secondary N) is 2. The number of nitrogens with zero attached hydrogens (tertiary/aromatic N) is 2. The third-order valence-corrected chi connectivity index (χ3v) is 3.18. The molecule has 0 aliphatic rings. The summed E-state index contributed by atoms with van der Waals surface area (Å²) in [6.45, 7) is 3.46. The van der Waals surface area contributed by atoms with Gasteiger partial charge in [0.05, 0.1) is 18.0 Å². The van der Waals surface area contributed by atoms with E-state index in [1.54, 1.807) is 6.20 Å². The highest BCUT2D eigenvalue weighted by atomic mass is 32.2. The Balaban J connectivity index is 2.51. The number of hydrogen-bond acceptors (Lipinski definition) is 4. The van der Waals surface area contributed by atoms with Crippen LogP contribution in [0.15, 0.2) is 29.4 Å². The largest absolute Gasteiger partial charge is 0.357 e. The molecule has 0 amide bonds. The highest BCUT2D eigenvalue weighted by molar-refractivity contribution is 7.90. The Labute approximate surface area is 114 Å². The summed E-state index contributed by atoms with van der Waals surface area (Å²) < 4.78 is 22.1. The predicted molar refractivity (Wildman–Crippen MR) is 76.8 cm³/mol. The maximum Gasteiger partial charge on any atom is 0.191 e. The van der Waals surface area contributed by atoms with Crippen molar-refractivity contribution in [1.29, 1.82) is 0 Å². The molecule has 106 valence electrons. The molecule has 0 saturated heterocycles. The van der Waals surface area contributed by atoms with E-state index >= 15 is 0 Å². The van der Waals surface area contributed by atoms with Crippen molar-refractivity contribution in [2.75, 3.05) is 25.1 Å². The van der Waals surface area contributed by atoms with Crippen LogP contribution in [0.1, 0.15) is 12.6 Å². The smallest absolute Gasteiger partial charge is 0.191 e. The summed E-state index contributed by atoms with van der Waals surface area (Å²) >= 11 is 0. The molecule has 19 heavy (non-hydrogen) atoms. The zero-order valence-electron chi connectivity index (χ0n) is 11.3. The molecule has 7 heteroatoms. The van der Waals surface area contributed by atoms with Gasteiger partial charge in [-0.15, -0.1) is 0 Å². The molecule has 2 N–H and O–H groups in total. The number of sulfone groups is 1. The minimum Gasteiger partial charge on any atom is -0.357 e. The Kier molecular flexibility index (Phi) is 6.27. The van der Waals surface area contributed by atoms with Gasteiger partial charge in [0.2, 0.25) is 0 Å². The molecule has 0 bridgehead atoms. The van der Waals surface area contributed by atoms with Gasteiger partial charge in [0.1, 0.15) is 9.84 Å². The van der Waals surface area contributed by atoms with Crippen LogP contribution in [0, 0.1) is 0 Å². The number of pyridine rings is 1. The molecule has 0 unspecified atom stereocenters. The van der Waals surface area contributed by atoms with Crippen molar-refractivity contribution in [3.63, 3.8) is 0 Å². The maximum absolute atomic E-state index is 11.0. The highest BCUT2D eigenvalue weighted by Crippen LogP contribution is 1.95. The first-order valence-corrected chi connectivity index (χ1v) is 8.17. The van der Waals surface area contributed by atoms with E-state index in [2.05, 4.69) is 20.6 Å². The first kappa shape index (κ1) is 15.4. The molecular weight excluding hydrogens is 264 g/mol. The van der Waals surface area contributed by atoms with Crippen molar-refractivity contribution in [2.24, 2.45) is 4.99 Å². The van der Waals surface area contributed by atoms with E-state index in [0.717, 1.165) is 5.69 Å². The molecule has 1 heterocycles. The second-order valence-corrected chi connectivity index (χ2v) is 6.33. The van der Waals surface area contributed by atoms with Crippen LogP contribution in [0.5, 0.6) is 0 Å². The Bertz CT molecular complexity index is 500. The van der Waals surface area contributed by atoms with Crippen molar-refractivity contribution in [2.45, 2.75) is 13.5 Å². The average Bonchev–Trinajstić information content (AvgIpc) is 2.36. The summed E-state index contributed by atoms with van der Waals surface area (Å²) in [5.74, 6) is 0.679. The Morgan fingerprint density at radius 1 is 1.37 bits per heavy atom. The van der Waals surface area contributed by atoms with E-state index in [1.165, 1.54) is 6.26 Å². The summed E-state index contributed by atoms with van der Waals surface area (Å²) in [7, 11) is -2.96. The van der Waals surface area contributed by atoms with Gasteiger partial charge in [-0.25, -0.2) is 13.4 Å². The molecule has 0 spiro atoms. The number of rotatable bonds is 6. The number of aliphatic imine (C=N–C) groups is 1. The monoisotopic (exact) mass is 284 g/mol. The summed E-state index contributed by atoms with van der Waals surface area (Å²) in [6, 6.07) is 5.65. The summed E-state index contributed by atoms with van der Waals surface area (Å²) in [5.41, 5.74) is 0.864. The lowest BCUT2D eigenvalue weighted by atomic mass is 10.3. The molecule has 0 radical (unpaired) electrons. The van der Waals surface area contributed by atoms with Crippen molar-refractivity contribution < 1.29 is 8.42 Å². The second-order valence-electron chi connectivity index (χ2n) is 4.07. The predicted octanol–water partition coefficient (Wildman–Crippen LogP) is 0.181. The standard InChI is InChI=1S/C12H20N4O2S/c1-3-13-12(15-8-9-19(2,17)18)16-10-11-6-4-5-7-14-11/h4-7H,3,8-10H2,1-2H3,(H2,13,15,16). The normalized spacial score (nSPS) is 12.2. The minimum atomic E-state index is -2.96. The van der Waals surface area contributed by atoms with Gasteiger partial charge >= 0.3 is 0 Å². The quantitative estimate of drug-likeness (QED) is 0.575. The Morgan fingerprint density at radius 3 is 2.74 bits per heavy atom. The fraction of sp³-hybridized carbons (Fsp3) is 0.500. The van der Waals surface area contributed by atoms with Crippen LogP contribution in [0.2, 0.25) is 0 Å². The molecule has 0 saturated carbocycles. The van der Waals surface area contributed by atoms with E-state index in [4.69, 9.17) is 0 Å². The molecule has 0 aliphatic heterocycles. The van der Waals surface area contributed by atoms with Gasteiger partial charge in [0.15, 0.2) is 5.96 Å². The van der Waals surface area contributed by atoms with Gasteiger partial charge in [-0.2, -0.15) is 0 Å². The number of aromatic nitrogens is 1. The third-order valence-electron chi connectivity index (χ3n) is 2.23. The summed E-state index contributed by atoms with van der Waals surface area (Å²) in [6.07, 6.45) is 2.93. The van der Waals surface area contributed by atoms with Crippen LogP contribution in [-0.4, -0.2) is 44.5 Å². The van der Waals surface area contributed by atoms with Gasteiger partial charge < -0.3 is 10.6 Å². The highest BCUT2D eigenvalue weighted by Gasteiger charge is 2.03. The van der Waals surface area contributed by atoms with Gasteiger partial charge in [-0.3, -0.25) is 4.98 Å². The average molecular weight is 284 g/mol. The first-order chi connectivity index (χ1) is 9.01. The minimum absolute atomic E-state index is 0.0843. The number of hydrogen-bond donors (Lipinski definition) is 2. The van der Waals surface area contributed by atoms with E-state index in [1.807, 2.05) is 25.1 Å². The fourth-order valence-electron chi connectivity index (χ4n) is 1.35. The first-order valence-electron chi connectivity index (χ1n) is 6.11. The van der Waals surface area contributed by atoms with Crippen LogP contribution < -0.4 is 10.6 Å². The second kappa shape index (κ2) is 7.73. The van der Waals surface area contributed by atoms with Crippen molar-refractivity contribution in [3.05, 3.63) is 30.1 Å².